The van der Waals surface area contributed by atoms with Gasteiger partial charge >= 0.3 is 0 Å². The zero-order valence-corrected chi connectivity index (χ0v) is 35.6. The Hall–Kier alpha value is -7.68. The van der Waals surface area contributed by atoms with Crippen molar-refractivity contribution in [3.63, 3.8) is 0 Å². The Morgan fingerprint density at radius 3 is 1.98 bits per heavy atom. The van der Waals surface area contributed by atoms with Gasteiger partial charge < -0.3 is 9.47 Å². The minimum Gasteiger partial charge on any atom is -0.309 e. The highest BCUT2D eigenvalue weighted by atomic mass is 15.1. The molecule has 0 atom stereocenters. The molecule has 0 saturated carbocycles. The second-order valence-electron chi connectivity index (χ2n) is 17.5. The van der Waals surface area contributed by atoms with E-state index in [2.05, 4.69) is 242 Å². The molecule has 0 radical (unpaired) electrons. The van der Waals surface area contributed by atoms with Gasteiger partial charge in [0, 0.05) is 38.7 Å². The van der Waals surface area contributed by atoms with E-state index in [0.29, 0.717) is 0 Å². The highest BCUT2D eigenvalue weighted by molar-refractivity contribution is 6.11. The van der Waals surface area contributed by atoms with Crippen LogP contribution in [-0.4, -0.2) is 4.57 Å². The molecule has 63 heavy (non-hydrogen) atoms. The van der Waals surface area contributed by atoms with E-state index in [1.807, 2.05) is 0 Å². The third-order valence-electron chi connectivity index (χ3n) is 13.6. The van der Waals surface area contributed by atoms with Crippen molar-refractivity contribution in [1.29, 1.82) is 0 Å². The van der Waals surface area contributed by atoms with E-state index in [9.17, 15) is 0 Å². The van der Waals surface area contributed by atoms with Crippen LogP contribution in [-0.2, 0) is 5.41 Å². The third-order valence-corrected chi connectivity index (χ3v) is 13.6. The molecule has 0 N–H and O–H groups in total. The minimum atomic E-state index is -0.134. The Morgan fingerprint density at radius 2 is 1.14 bits per heavy atom. The molecule has 2 heteroatoms. The van der Waals surface area contributed by atoms with Crippen molar-refractivity contribution in [2.45, 2.75) is 32.1 Å². The molecule has 0 bridgehead atoms. The van der Waals surface area contributed by atoms with Gasteiger partial charge in [-0.05, 0) is 123 Å². The number of benzene rings is 9. The van der Waals surface area contributed by atoms with Crippen molar-refractivity contribution < 1.29 is 0 Å². The summed E-state index contributed by atoms with van der Waals surface area (Å²) in [7, 11) is 0. The van der Waals surface area contributed by atoms with Gasteiger partial charge in [-0.25, -0.2) is 0 Å². The van der Waals surface area contributed by atoms with E-state index < -0.39 is 0 Å². The maximum absolute atomic E-state index is 2.52. The summed E-state index contributed by atoms with van der Waals surface area (Å²) in [5, 5.41) is 5.04. The number of hydrogen-bond donors (Lipinski definition) is 0. The Balaban J connectivity index is 1.06. The number of para-hydroxylation sites is 3. The molecule has 0 spiro atoms. The van der Waals surface area contributed by atoms with Crippen LogP contribution in [0.5, 0.6) is 0 Å². The van der Waals surface area contributed by atoms with E-state index in [1.54, 1.807) is 0 Å². The number of fused-ring (bicyclic) bond motifs is 7. The summed E-state index contributed by atoms with van der Waals surface area (Å²) in [4.78, 5) is 2.52. The first-order valence-electron chi connectivity index (χ1n) is 22.3. The molecular formula is C61H46N2. The van der Waals surface area contributed by atoms with Gasteiger partial charge in [-0.1, -0.05) is 178 Å². The molecule has 300 valence electrons. The van der Waals surface area contributed by atoms with Gasteiger partial charge in [0.1, 0.15) is 0 Å². The van der Waals surface area contributed by atoms with Crippen LogP contribution in [0, 0.1) is 0 Å². The van der Waals surface area contributed by atoms with Crippen molar-refractivity contribution in [3.8, 4) is 39.1 Å². The number of nitrogens with zero attached hydrogens (tertiary/aromatic N) is 2. The molecule has 0 unspecified atom stereocenters. The fourth-order valence-corrected chi connectivity index (χ4v) is 10.6. The summed E-state index contributed by atoms with van der Waals surface area (Å²) in [5.74, 6) is 0. The van der Waals surface area contributed by atoms with Gasteiger partial charge in [0.25, 0.3) is 0 Å². The minimum absolute atomic E-state index is 0.134. The SMILES string of the molecule is CC1(C)c2ccccc2-c2c(N(c3ccc(-c4ccc5c(c4)c4ccccc4n5-c4ccccc4)cc3)c3ccccc3-c3ccc4ccccc4c3C3=CCCC=C3)cccc21. The number of allylic oxidation sites excluding steroid dienone is 4. The Kier molecular flexibility index (Phi) is 8.69. The smallest absolute Gasteiger partial charge is 0.0543 e. The van der Waals surface area contributed by atoms with Gasteiger partial charge in [0.2, 0.25) is 0 Å². The largest absolute Gasteiger partial charge is 0.309 e. The molecule has 2 aliphatic carbocycles. The first-order valence-corrected chi connectivity index (χ1v) is 22.3. The Bertz CT molecular complexity index is 3470. The molecule has 1 heterocycles. The molecule has 0 saturated heterocycles. The second kappa shape index (κ2) is 14.8. The molecular weight excluding hydrogens is 761 g/mol. The summed E-state index contributed by atoms with van der Waals surface area (Å²) in [6, 6.07) is 74.1. The number of rotatable bonds is 7. The van der Waals surface area contributed by atoms with Gasteiger partial charge in [-0.15, -0.1) is 0 Å². The van der Waals surface area contributed by atoms with Crippen LogP contribution in [0.25, 0.3) is 77.2 Å². The van der Waals surface area contributed by atoms with Crippen LogP contribution < -0.4 is 4.90 Å². The zero-order chi connectivity index (χ0) is 42.1. The van der Waals surface area contributed by atoms with Crippen molar-refractivity contribution in [3.05, 3.63) is 235 Å². The Morgan fingerprint density at radius 1 is 0.460 bits per heavy atom. The molecule has 0 aliphatic heterocycles. The highest BCUT2D eigenvalue weighted by Crippen LogP contribution is 2.55. The summed E-state index contributed by atoms with van der Waals surface area (Å²) < 4.78 is 2.38. The molecule has 0 amide bonds. The lowest BCUT2D eigenvalue weighted by molar-refractivity contribution is 0.660. The summed E-state index contributed by atoms with van der Waals surface area (Å²) in [6.07, 6.45) is 9.19. The van der Waals surface area contributed by atoms with Crippen LogP contribution in [0.3, 0.4) is 0 Å². The predicted octanol–water partition coefficient (Wildman–Crippen LogP) is 16.8. The lowest BCUT2D eigenvalue weighted by atomic mass is 9.82. The first kappa shape index (κ1) is 37.1. The number of aromatic nitrogens is 1. The maximum atomic E-state index is 2.52. The average molecular weight is 807 g/mol. The molecule has 12 rings (SSSR count). The van der Waals surface area contributed by atoms with E-state index in [4.69, 9.17) is 0 Å². The molecule has 2 aliphatic rings. The quantitative estimate of drug-likeness (QED) is 0.156. The lowest BCUT2D eigenvalue weighted by Gasteiger charge is -2.31. The average Bonchev–Trinajstić information content (AvgIpc) is 3.80. The van der Waals surface area contributed by atoms with Crippen LogP contribution >= 0.6 is 0 Å². The van der Waals surface area contributed by atoms with Crippen molar-refractivity contribution in [2.75, 3.05) is 4.90 Å². The number of hydrogen-bond acceptors (Lipinski definition) is 1. The monoisotopic (exact) mass is 806 g/mol. The fraction of sp³-hybridized carbons (Fsp3) is 0.0820. The summed E-state index contributed by atoms with van der Waals surface area (Å²) in [5.41, 5.74) is 19.6. The zero-order valence-electron chi connectivity index (χ0n) is 35.6. The van der Waals surface area contributed by atoms with E-state index in [-0.39, 0.29) is 5.41 Å². The fourth-order valence-electron chi connectivity index (χ4n) is 10.6. The number of anilines is 3. The van der Waals surface area contributed by atoms with Crippen LogP contribution in [0.1, 0.15) is 43.4 Å². The van der Waals surface area contributed by atoms with Crippen LogP contribution in [0.15, 0.2) is 218 Å². The maximum Gasteiger partial charge on any atom is 0.0543 e. The van der Waals surface area contributed by atoms with Crippen molar-refractivity contribution in [2.24, 2.45) is 0 Å². The lowest BCUT2D eigenvalue weighted by Crippen LogP contribution is -2.16. The third kappa shape index (κ3) is 5.93. The standard InChI is InChI=1S/C61H46N2/c1-61(2)53-27-14-11-26-51(53)60-54(61)28-17-31-58(60)63(55-29-15-12-24-48(55)50-38-34-42-18-9-10-23-47(42)59(50)43-19-5-3-6-20-43)46-36-32-41(33-37-46)44-35-39-57-52(40-44)49-25-13-16-30-56(49)62(57)45-21-7-4-8-22-45/h4-5,7-40H,3,6H2,1-2H3. The van der Waals surface area contributed by atoms with E-state index >= 15 is 0 Å². The topological polar surface area (TPSA) is 8.17 Å². The van der Waals surface area contributed by atoms with Gasteiger partial charge in [0.05, 0.1) is 22.4 Å². The van der Waals surface area contributed by atoms with Crippen LogP contribution in [0.2, 0.25) is 0 Å². The van der Waals surface area contributed by atoms with E-state index in [1.165, 1.54) is 99.6 Å². The van der Waals surface area contributed by atoms with Crippen LogP contribution in [0.4, 0.5) is 17.1 Å². The van der Waals surface area contributed by atoms with Gasteiger partial charge in [0.15, 0.2) is 0 Å². The summed E-state index contributed by atoms with van der Waals surface area (Å²) in [6.45, 7) is 4.74. The highest BCUT2D eigenvalue weighted by Gasteiger charge is 2.38. The van der Waals surface area contributed by atoms with Crippen molar-refractivity contribution >= 4 is 55.2 Å². The predicted molar refractivity (Wildman–Crippen MR) is 268 cm³/mol. The molecule has 1 aromatic heterocycles. The molecule has 2 nitrogen and oxygen atoms in total. The second-order valence-corrected chi connectivity index (χ2v) is 17.5. The first-order chi connectivity index (χ1) is 31.0. The molecule has 9 aromatic carbocycles. The summed E-state index contributed by atoms with van der Waals surface area (Å²) >= 11 is 0. The van der Waals surface area contributed by atoms with Crippen molar-refractivity contribution in [1.82, 2.24) is 4.57 Å². The molecule has 0 fully saturated rings. The van der Waals surface area contributed by atoms with E-state index in [0.717, 1.165) is 24.2 Å². The molecule has 10 aromatic rings. The normalized spacial score (nSPS) is 13.9. The van der Waals surface area contributed by atoms with Gasteiger partial charge in [-0.2, -0.15) is 0 Å². The Labute approximate surface area is 369 Å². The van der Waals surface area contributed by atoms with Gasteiger partial charge in [-0.3, -0.25) is 0 Å².